The van der Waals surface area contributed by atoms with Crippen molar-refractivity contribution in [3.63, 3.8) is 0 Å². The van der Waals surface area contributed by atoms with Crippen molar-refractivity contribution in [2.45, 2.75) is 53.0 Å². The summed E-state index contributed by atoms with van der Waals surface area (Å²) in [7, 11) is 0. The molecule has 0 saturated carbocycles. The van der Waals surface area contributed by atoms with E-state index in [1.54, 1.807) is 0 Å². The molecule has 0 aliphatic carbocycles. The zero-order valence-corrected chi connectivity index (χ0v) is 14.2. The third-order valence-electron chi connectivity index (χ3n) is 3.74. The van der Waals surface area contributed by atoms with Gasteiger partial charge in [0.1, 0.15) is 0 Å². The molecular formula is C17H32N4. The topological polar surface area (TPSA) is 40.2 Å². The Labute approximate surface area is 130 Å². The summed E-state index contributed by atoms with van der Waals surface area (Å²) in [6, 6.07) is 2.62. The first kappa shape index (κ1) is 17.8. The van der Waals surface area contributed by atoms with Crippen LogP contribution in [0.3, 0.4) is 0 Å². The average molecular weight is 292 g/mol. The van der Waals surface area contributed by atoms with Crippen molar-refractivity contribution in [1.29, 1.82) is 0 Å². The molecule has 2 N–H and O–H groups in total. The molecule has 4 heteroatoms. The lowest BCUT2D eigenvalue weighted by Gasteiger charge is -2.20. The minimum atomic E-state index is 0.476. The Kier molecular flexibility index (Phi) is 8.83. The number of hydrogen-bond acceptors (Lipinski definition) is 4. The molecule has 0 bridgehead atoms. The van der Waals surface area contributed by atoms with Gasteiger partial charge in [-0.05, 0) is 51.9 Å². The summed E-state index contributed by atoms with van der Waals surface area (Å²) in [5.74, 6) is 0. The van der Waals surface area contributed by atoms with Crippen molar-refractivity contribution in [1.82, 2.24) is 9.88 Å². The van der Waals surface area contributed by atoms with Crippen LogP contribution in [0.25, 0.3) is 0 Å². The Hall–Kier alpha value is -1.29. The van der Waals surface area contributed by atoms with Gasteiger partial charge in [0.15, 0.2) is 0 Å². The molecule has 21 heavy (non-hydrogen) atoms. The lowest BCUT2D eigenvalue weighted by Crippen LogP contribution is -2.25. The van der Waals surface area contributed by atoms with Crippen LogP contribution in [0.15, 0.2) is 18.5 Å². The van der Waals surface area contributed by atoms with Crippen LogP contribution in [0, 0.1) is 0 Å². The van der Waals surface area contributed by atoms with Crippen molar-refractivity contribution in [2.75, 3.05) is 36.8 Å². The van der Waals surface area contributed by atoms with E-state index in [4.69, 9.17) is 0 Å². The highest BCUT2D eigenvalue weighted by Gasteiger charge is 2.05. The summed E-state index contributed by atoms with van der Waals surface area (Å²) in [6.45, 7) is 13.3. The molecular weight excluding hydrogens is 260 g/mol. The SMILES string of the molecule is CCCNc1cncc(NC(C)CCCN(CC)CC)c1. The van der Waals surface area contributed by atoms with E-state index in [2.05, 4.69) is 54.3 Å². The Morgan fingerprint density at radius 1 is 1.14 bits per heavy atom. The van der Waals surface area contributed by atoms with E-state index in [0.717, 1.165) is 37.4 Å². The second kappa shape index (κ2) is 10.4. The predicted octanol–water partition coefficient (Wildman–Crippen LogP) is 3.83. The fraction of sp³-hybridized carbons (Fsp3) is 0.706. The maximum atomic E-state index is 4.29. The molecule has 0 aliphatic heterocycles. The molecule has 1 unspecified atom stereocenters. The molecule has 0 amide bonds. The van der Waals surface area contributed by atoms with Crippen molar-refractivity contribution in [3.8, 4) is 0 Å². The van der Waals surface area contributed by atoms with E-state index in [-0.39, 0.29) is 0 Å². The van der Waals surface area contributed by atoms with Gasteiger partial charge in [0.25, 0.3) is 0 Å². The van der Waals surface area contributed by atoms with Gasteiger partial charge in [-0.1, -0.05) is 20.8 Å². The summed E-state index contributed by atoms with van der Waals surface area (Å²) in [6.07, 6.45) is 7.32. The minimum Gasteiger partial charge on any atom is -0.384 e. The number of rotatable bonds is 11. The molecule has 1 atom stereocenters. The average Bonchev–Trinajstić information content (AvgIpc) is 2.50. The van der Waals surface area contributed by atoms with Crippen LogP contribution in [-0.4, -0.2) is 42.1 Å². The van der Waals surface area contributed by atoms with Crippen LogP contribution in [-0.2, 0) is 0 Å². The second-order valence-electron chi connectivity index (χ2n) is 5.60. The monoisotopic (exact) mass is 292 g/mol. The Morgan fingerprint density at radius 2 is 1.86 bits per heavy atom. The first-order chi connectivity index (χ1) is 10.2. The van der Waals surface area contributed by atoms with Gasteiger partial charge in [0.2, 0.25) is 0 Å². The van der Waals surface area contributed by atoms with Crippen molar-refractivity contribution < 1.29 is 0 Å². The zero-order chi connectivity index (χ0) is 15.5. The largest absolute Gasteiger partial charge is 0.384 e. The highest BCUT2D eigenvalue weighted by Crippen LogP contribution is 2.15. The van der Waals surface area contributed by atoms with Crippen molar-refractivity contribution in [2.24, 2.45) is 0 Å². The van der Waals surface area contributed by atoms with Gasteiger partial charge in [-0.2, -0.15) is 0 Å². The fourth-order valence-corrected chi connectivity index (χ4v) is 2.40. The van der Waals surface area contributed by atoms with Gasteiger partial charge < -0.3 is 15.5 Å². The van der Waals surface area contributed by atoms with Crippen LogP contribution < -0.4 is 10.6 Å². The molecule has 1 heterocycles. The van der Waals surface area contributed by atoms with E-state index in [1.807, 2.05) is 12.4 Å². The molecule has 0 radical (unpaired) electrons. The highest BCUT2D eigenvalue weighted by atomic mass is 15.1. The minimum absolute atomic E-state index is 0.476. The summed E-state index contributed by atoms with van der Waals surface area (Å²) < 4.78 is 0. The van der Waals surface area contributed by atoms with E-state index in [1.165, 1.54) is 19.4 Å². The van der Waals surface area contributed by atoms with Gasteiger partial charge in [0.05, 0.1) is 23.8 Å². The quantitative estimate of drug-likeness (QED) is 0.650. The van der Waals surface area contributed by atoms with Crippen molar-refractivity contribution >= 4 is 11.4 Å². The maximum Gasteiger partial charge on any atom is 0.0549 e. The predicted molar refractivity (Wildman–Crippen MR) is 93.1 cm³/mol. The first-order valence-electron chi connectivity index (χ1n) is 8.37. The molecule has 120 valence electrons. The Bertz CT molecular complexity index is 377. The molecule has 0 spiro atoms. The van der Waals surface area contributed by atoms with E-state index in [0.29, 0.717) is 6.04 Å². The summed E-state index contributed by atoms with van der Waals surface area (Å²) in [5, 5.41) is 6.92. The first-order valence-corrected chi connectivity index (χ1v) is 8.37. The summed E-state index contributed by atoms with van der Waals surface area (Å²) >= 11 is 0. The van der Waals surface area contributed by atoms with Gasteiger partial charge in [-0.3, -0.25) is 4.98 Å². The van der Waals surface area contributed by atoms with Crippen LogP contribution in [0.1, 0.15) is 47.0 Å². The summed E-state index contributed by atoms with van der Waals surface area (Å²) in [5.41, 5.74) is 2.20. The number of anilines is 2. The number of hydrogen-bond donors (Lipinski definition) is 2. The lowest BCUT2D eigenvalue weighted by molar-refractivity contribution is 0.295. The highest BCUT2D eigenvalue weighted by molar-refractivity contribution is 5.54. The molecule has 1 aromatic heterocycles. The molecule has 0 saturated heterocycles. The molecule has 0 aromatic carbocycles. The zero-order valence-electron chi connectivity index (χ0n) is 14.2. The molecule has 4 nitrogen and oxygen atoms in total. The van der Waals surface area contributed by atoms with Gasteiger partial charge in [0, 0.05) is 12.6 Å². The third-order valence-corrected chi connectivity index (χ3v) is 3.74. The van der Waals surface area contributed by atoms with Crippen LogP contribution in [0.5, 0.6) is 0 Å². The normalized spacial score (nSPS) is 12.4. The molecule has 1 aromatic rings. The van der Waals surface area contributed by atoms with E-state index >= 15 is 0 Å². The van der Waals surface area contributed by atoms with E-state index in [9.17, 15) is 0 Å². The van der Waals surface area contributed by atoms with Crippen LogP contribution in [0.4, 0.5) is 11.4 Å². The smallest absolute Gasteiger partial charge is 0.0549 e. The van der Waals surface area contributed by atoms with Gasteiger partial charge in [-0.25, -0.2) is 0 Å². The van der Waals surface area contributed by atoms with E-state index < -0.39 is 0 Å². The maximum absolute atomic E-state index is 4.29. The number of nitrogens with zero attached hydrogens (tertiary/aromatic N) is 2. The number of nitrogens with one attached hydrogen (secondary N) is 2. The molecule has 1 rings (SSSR count). The second-order valence-corrected chi connectivity index (χ2v) is 5.60. The summed E-state index contributed by atoms with van der Waals surface area (Å²) in [4.78, 5) is 6.77. The Morgan fingerprint density at radius 3 is 2.52 bits per heavy atom. The van der Waals surface area contributed by atoms with Crippen LogP contribution >= 0.6 is 0 Å². The van der Waals surface area contributed by atoms with Gasteiger partial charge in [-0.15, -0.1) is 0 Å². The van der Waals surface area contributed by atoms with Crippen LogP contribution in [0.2, 0.25) is 0 Å². The third kappa shape index (κ3) is 7.32. The van der Waals surface area contributed by atoms with Gasteiger partial charge >= 0.3 is 0 Å². The molecule has 0 fully saturated rings. The number of aromatic nitrogens is 1. The lowest BCUT2D eigenvalue weighted by atomic mass is 10.1. The standard InChI is InChI=1S/C17H32N4/c1-5-10-19-16-12-17(14-18-13-16)20-15(4)9-8-11-21(6-2)7-3/h12-15,19-20H,5-11H2,1-4H3. The molecule has 0 aliphatic rings. The number of pyridine rings is 1. The Balaban J connectivity index is 2.35. The fourth-order valence-electron chi connectivity index (χ4n) is 2.40. The van der Waals surface area contributed by atoms with Crippen molar-refractivity contribution in [3.05, 3.63) is 18.5 Å².